The van der Waals surface area contributed by atoms with Gasteiger partial charge >= 0.3 is 5.97 Å². The minimum Gasteiger partial charge on any atom is -0.469 e. The van der Waals surface area contributed by atoms with E-state index in [1.807, 2.05) is 56.3 Å². The van der Waals surface area contributed by atoms with Crippen molar-refractivity contribution in [3.8, 4) is 17.3 Å². The highest BCUT2D eigenvalue weighted by molar-refractivity contribution is 6.31. The van der Waals surface area contributed by atoms with E-state index in [9.17, 15) is 19.5 Å². The Morgan fingerprint density at radius 3 is 2.60 bits per heavy atom. The number of nitrogens with one attached hydrogen (secondary N) is 3. The average Bonchev–Trinajstić information content (AvgIpc) is 3.86. The first-order chi connectivity index (χ1) is 24.0. The predicted octanol–water partition coefficient (Wildman–Crippen LogP) is 4.80. The molecule has 1 saturated carbocycles. The standard InChI is InChI=1S/C36H36ClN5O8/c1-17(2)24-30-41-25(31-42-26(28(37)50-31)32(44)47-3)27(49-30)36-19-9-5-6-10-21(19)39-34(36)48-23-12-11-18(15-20(23)36)16-22(29(43)40-24)38-33(45)35(46)13-7-4-8-14-35/h5-6,9-12,15,17,22,24,34,39,46H,4,7-8,13-14,16H2,1-3H3,(H,38,45)(H,40,43)/t22-,24-,34-,36?/m0/s1. The van der Waals surface area contributed by atoms with Crippen LogP contribution >= 0.6 is 11.6 Å². The highest BCUT2D eigenvalue weighted by Crippen LogP contribution is 2.59. The molecule has 8 rings (SSSR count). The van der Waals surface area contributed by atoms with Crippen molar-refractivity contribution in [3.63, 3.8) is 0 Å². The zero-order valence-corrected chi connectivity index (χ0v) is 28.4. The van der Waals surface area contributed by atoms with E-state index in [1.165, 1.54) is 7.11 Å². The summed E-state index contributed by atoms with van der Waals surface area (Å²) in [4.78, 5) is 49.6. The van der Waals surface area contributed by atoms with E-state index in [0.717, 1.165) is 41.6 Å². The van der Waals surface area contributed by atoms with Crippen LogP contribution in [0.5, 0.6) is 5.75 Å². The van der Waals surface area contributed by atoms with Crippen molar-refractivity contribution in [1.29, 1.82) is 0 Å². The lowest BCUT2D eigenvalue weighted by atomic mass is 9.72. The number of carbonyl (C=O) groups is 3. The first-order valence-corrected chi connectivity index (χ1v) is 17.2. The molecule has 2 aromatic carbocycles. The first kappa shape index (κ1) is 32.3. The van der Waals surface area contributed by atoms with Crippen molar-refractivity contribution >= 4 is 35.1 Å². The number of oxazole rings is 2. The number of fused-ring (bicyclic) bond motifs is 4. The minimum absolute atomic E-state index is 0.0860. The van der Waals surface area contributed by atoms with Crippen molar-refractivity contribution in [2.45, 2.75) is 81.7 Å². The summed E-state index contributed by atoms with van der Waals surface area (Å²) in [6.45, 7) is 3.81. The van der Waals surface area contributed by atoms with Gasteiger partial charge in [0.1, 0.15) is 28.8 Å². The molecule has 2 aromatic heterocycles. The number of benzene rings is 2. The molecular weight excluding hydrogens is 666 g/mol. The van der Waals surface area contributed by atoms with E-state index in [1.54, 1.807) is 0 Å². The molecule has 3 aliphatic heterocycles. The topological polar surface area (TPSA) is 178 Å². The van der Waals surface area contributed by atoms with Crippen LogP contribution in [-0.4, -0.2) is 57.8 Å². The normalized spacial score (nSPS) is 24.5. The molecule has 1 aliphatic carbocycles. The van der Waals surface area contributed by atoms with Crippen LogP contribution in [0.15, 0.2) is 51.3 Å². The van der Waals surface area contributed by atoms with Gasteiger partial charge in [-0.2, -0.15) is 4.98 Å². The van der Waals surface area contributed by atoms with Crippen LogP contribution in [0.25, 0.3) is 11.6 Å². The molecule has 1 fully saturated rings. The number of hydrogen-bond donors (Lipinski definition) is 4. The second kappa shape index (κ2) is 11.9. The number of nitrogens with zero attached hydrogens (tertiary/aromatic N) is 2. The number of hydrogen-bond acceptors (Lipinski definition) is 11. The van der Waals surface area contributed by atoms with Gasteiger partial charge in [0.25, 0.3) is 11.8 Å². The molecule has 0 saturated heterocycles. The minimum atomic E-state index is -1.55. The number of esters is 1. The number of methoxy groups -OCH3 is 1. The van der Waals surface area contributed by atoms with Gasteiger partial charge in [-0.15, -0.1) is 0 Å². The second-order valence-corrected chi connectivity index (χ2v) is 14.1. The average molecular weight is 702 g/mol. The summed E-state index contributed by atoms with van der Waals surface area (Å²) in [5.74, 6) is -1.12. The Morgan fingerprint density at radius 2 is 1.84 bits per heavy atom. The van der Waals surface area contributed by atoms with E-state index in [-0.39, 0.29) is 40.7 Å². The summed E-state index contributed by atoms with van der Waals surface area (Å²) in [6.07, 6.45) is 2.51. The molecule has 1 spiro atoms. The lowest BCUT2D eigenvalue weighted by molar-refractivity contribution is -0.145. The number of carbonyl (C=O) groups excluding carboxylic acids is 3. The van der Waals surface area contributed by atoms with E-state index in [4.69, 9.17) is 34.9 Å². The Bertz CT molecular complexity index is 2030. The quantitative estimate of drug-likeness (QED) is 0.210. The molecule has 2 amide bonds. The Balaban J connectivity index is 1.34. The number of aliphatic hydroxyl groups is 1. The fraction of sp³-hybridized carbons (Fsp3) is 0.417. The third kappa shape index (κ3) is 4.89. The van der Waals surface area contributed by atoms with Crippen LogP contribution in [-0.2, 0) is 26.2 Å². The number of amides is 2. The molecule has 4 aromatic rings. The SMILES string of the molecule is COC(=O)c1nc(-c2nc3oc2C24c5ccccc5N[C@H]2Oc2ccc(cc24)C[C@H](NC(=O)C2(O)CCCCC2)C(=O)N[C@H]3C(C)C)oc1Cl. The smallest absolute Gasteiger partial charge is 0.361 e. The second-order valence-electron chi connectivity index (χ2n) is 13.7. The van der Waals surface area contributed by atoms with E-state index >= 15 is 0 Å². The monoisotopic (exact) mass is 701 g/mol. The summed E-state index contributed by atoms with van der Waals surface area (Å²) >= 11 is 6.36. The Hall–Kier alpha value is -4.88. The molecule has 14 heteroatoms. The van der Waals surface area contributed by atoms with Crippen LogP contribution < -0.4 is 20.7 Å². The van der Waals surface area contributed by atoms with Gasteiger partial charge in [0.2, 0.25) is 22.7 Å². The third-order valence-electron chi connectivity index (χ3n) is 10.3. The molecule has 0 radical (unpaired) electrons. The molecule has 4 atom stereocenters. The van der Waals surface area contributed by atoms with Crippen LogP contribution in [0.1, 0.15) is 90.8 Å². The summed E-state index contributed by atoms with van der Waals surface area (Å²) in [7, 11) is 1.21. The predicted molar refractivity (Wildman–Crippen MR) is 179 cm³/mol. The summed E-state index contributed by atoms with van der Waals surface area (Å²) in [5, 5.41) is 20.4. The van der Waals surface area contributed by atoms with Gasteiger partial charge in [-0.25, -0.2) is 9.78 Å². The fourth-order valence-corrected chi connectivity index (χ4v) is 7.92. The van der Waals surface area contributed by atoms with Gasteiger partial charge in [0, 0.05) is 17.7 Å². The third-order valence-corrected chi connectivity index (χ3v) is 10.6. The zero-order chi connectivity index (χ0) is 34.9. The van der Waals surface area contributed by atoms with Crippen LogP contribution in [0.2, 0.25) is 5.22 Å². The van der Waals surface area contributed by atoms with Gasteiger partial charge in [-0.3, -0.25) is 9.59 Å². The summed E-state index contributed by atoms with van der Waals surface area (Å²) in [5.41, 5.74) is 0.352. The number of rotatable bonds is 5. The van der Waals surface area contributed by atoms with Crippen molar-refractivity contribution < 1.29 is 37.8 Å². The summed E-state index contributed by atoms with van der Waals surface area (Å²) in [6, 6.07) is 11.6. The number of ether oxygens (including phenoxy) is 2. The van der Waals surface area contributed by atoms with Gasteiger partial charge in [-0.05, 0) is 53.6 Å². The van der Waals surface area contributed by atoms with E-state index in [0.29, 0.717) is 24.4 Å². The number of para-hydroxylation sites is 1. The maximum atomic E-state index is 14.2. The van der Waals surface area contributed by atoms with Gasteiger partial charge in [-0.1, -0.05) is 63.4 Å². The van der Waals surface area contributed by atoms with Crippen molar-refractivity contribution in [3.05, 3.63) is 81.7 Å². The van der Waals surface area contributed by atoms with Gasteiger partial charge in [0.15, 0.2) is 17.7 Å². The van der Waals surface area contributed by atoms with Crippen molar-refractivity contribution in [1.82, 2.24) is 20.6 Å². The first-order valence-electron chi connectivity index (χ1n) is 16.8. The number of anilines is 1. The molecule has 13 nitrogen and oxygen atoms in total. The molecule has 4 N–H and O–H groups in total. The maximum absolute atomic E-state index is 14.2. The lowest BCUT2D eigenvalue weighted by Gasteiger charge is -2.33. The van der Waals surface area contributed by atoms with Crippen molar-refractivity contribution in [2.24, 2.45) is 5.92 Å². The number of aromatic nitrogens is 2. The molecule has 50 heavy (non-hydrogen) atoms. The highest BCUT2D eigenvalue weighted by Gasteiger charge is 2.61. The fourth-order valence-electron chi connectivity index (χ4n) is 7.73. The maximum Gasteiger partial charge on any atom is 0.361 e. The molecule has 260 valence electrons. The molecule has 1 unspecified atom stereocenters. The largest absolute Gasteiger partial charge is 0.469 e. The van der Waals surface area contributed by atoms with E-state index < -0.39 is 47.1 Å². The van der Waals surface area contributed by atoms with Crippen LogP contribution in [0.3, 0.4) is 0 Å². The lowest BCUT2D eigenvalue weighted by Crippen LogP contribution is -2.56. The van der Waals surface area contributed by atoms with Crippen LogP contribution in [0.4, 0.5) is 5.69 Å². The van der Waals surface area contributed by atoms with Gasteiger partial charge < -0.3 is 39.4 Å². The molecular formula is C36H36ClN5O8. The Labute approximate surface area is 292 Å². The Kier molecular flexibility index (Phi) is 7.68. The number of halogens is 1. The zero-order valence-electron chi connectivity index (χ0n) is 27.7. The summed E-state index contributed by atoms with van der Waals surface area (Å²) < 4.78 is 24.1. The highest BCUT2D eigenvalue weighted by atomic mass is 35.5. The molecule has 4 aliphatic rings. The Morgan fingerprint density at radius 1 is 1.06 bits per heavy atom. The molecule has 4 bridgehead atoms. The van der Waals surface area contributed by atoms with Gasteiger partial charge in [0.05, 0.1) is 7.11 Å². The van der Waals surface area contributed by atoms with Crippen LogP contribution in [0, 0.1) is 5.92 Å². The van der Waals surface area contributed by atoms with Crippen molar-refractivity contribution in [2.75, 3.05) is 12.4 Å². The van der Waals surface area contributed by atoms with E-state index in [2.05, 4.69) is 20.9 Å². The molecule has 5 heterocycles.